The first kappa shape index (κ1) is 16.2. The monoisotopic (exact) mass is 336 g/mol. The third-order valence-electron chi connectivity index (χ3n) is 3.82. The van der Waals surface area contributed by atoms with E-state index in [-0.39, 0.29) is 23.1 Å². The van der Waals surface area contributed by atoms with Crippen molar-refractivity contribution in [1.29, 1.82) is 0 Å². The number of nitrogens with one attached hydrogen (secondary N) is 1. The number of nitrogens with zero attached hydrogens (tertiary/aromatic N) is 3. The summed E-state index contributed by atoms with van der Waals surface area (Å²) in [6.45, 7) is 1.39. The van der Waals surface area contributed by atoms with Crippen LogP contribution in [0.4, 0.5) is 24.7 Å². The molecule has 0 radical (unpaired) electrons. The zero-order valence-corrected chi connectivity index (χ0v) is 12.7. The van der Waals surface area contributed by atoms with E-state index in [2.05, 4.69) is 15.5 Å². The maximum absolute atomic E-state index is 13.6. The first-order chi connectivity index (χ1) is 11.6. The molecule has 0 bridgehead atoms. The fourth-order valence-corrected chi connectivity index (χ4v) is 2.53. The van der Waals surface area contributed by atoms with E-state index in [4.69, 9.17) is 0 Å². The lowest BCUT2D eigenvalue weighted by molar-refractivity contribution is 0.0717. The summed E-state index contributed by atoms with van der Waals surface area (Å²) in [5.41, 5.74) is -0.0773. The van der Waals surface area contributed by atoms with Gasteiger partial charge in [-0.3, -0.25) is 4.79 Å². The van der Waals surface area contributed by atoms with Crippen LogP contribution in [0.2, 0.25) is 0 Å². The van der Waals surface area contributed by atoms with Crippen LogP contribution in [0, 0.1) is 17.5 Å². The van der Waals surface area contributed by atoms with Crippen LogP contribution in [0.3, 0.4) is 0 Å². The van der Waals surface area contributed by atoms with Gasteiger partial charge in [-0.25, -0.2) is 13.2 Å². The van der Waals surface area contributed by atoms with Crippen LogP contribution in [0.5, 0.6) is 0 Å². The summed E-state index contributed by atoms with van der Waals surface area (Å²) in [5, 5.41) is 10.1. The lowest BCUT2D eigenvalue weighted by Crippen LogP contribution is -2.36. The van der Waals surface area contributed by atoms with Crippen molar-refractivity contribution in [1.82, 2.24) is 15.1 Å². The van der Waals surface area contributed by atoms with Crippen molar-refractivity contribution in [3.63, 3.8) is 0 Å². The summed E-state index contributed by atoms with van der Waals surface area (Å²) >= 11 is 0. The van der Waals surface area contributed by atoms with Crippen LogP contribution in [0.15, 0.2) is 24.3 Å². The van der Waals surface area contributed by atoms with E-state index >= 15 is 0 Å². The fourth-order valence-electron chi connectivity index (χ4n) is 2.53. The van der Waals surface area contributed by atoms with Gasteiger partial charge in [-0.1, -0.05) is 0 Å². The second kappa shape index (κ2) is 6.86. The first-order valence-corrected chi connectivity index (χ1v) is 7.60. The van der Waals surface area contributed by atoms with Crippen molar-refractivity contribution in [2.45, 2.75) is 19.3 Å². The SMILES string of the molecule is O=C(c1ccc(Nc2ccc(F)c(F)c2F)nn1)N1CCCCC1. The van der Waals surface area contributed by atoms with Crippen LogP contribution in [0.1, 0.15) is 29.8 Å². The summed E-state index contributed by atoms with van der Waals surface area (Å²) in [7, 11) is 0. The van der Waals surface area contributed by atoms with E-state index in [0.29, 0.717) is 13.1 Å². The number of aromatic nitrogens is 2. The molecule has 5 nitrogen and oxygen atoms in total. The van der Waals surface area contributed by atoms with E-state index < -0.39 is 17.5 Å². The Morgan fingerprint density at radius 1 is 0.958 bits per heavy atom. The number of carbonyl (C=O) groups excluding carboxylic acids is 1. The van der Waals surface area contributed by atoms with Gasteiger partial charge in [0.05, 0.1) is 5.69 Å². The average Bonchev–Trinajstić information content (AvgIpc) is 2.63. The van der Waals surface area contributed by atoms with Gasteiger partial charge in [0.2, 0.25) is 0 Å². The van der Waals surface area contributed by atoms with Crippen LogP contribution >= 0.6 is 0 Å². The Balaban J connectivity index is 1.73. The smallest absolute Gasteiger partial charge is 0.274 e. The maximum atomic E-state index is 13.6. The van der Waals surface area contributed by atoms with Crippen molar-refractivity contribution in [3.8, 4) is 0 Å². The topological polar surface area (TPSA) is 58.1 Å². The van der Waals surface area contributed by atoms with Crippen molar-refractivity contribution >= 4 is 17.4 Å². The summed E-state index contributed by atoms with van der Waals surface area (Å²) in [6, 6.07) is 4.76. The average molecular weight is 336 g/mol. The van der Waals surface area contributed by atoms with Crippen LogP contribution in [0.25, 0.3) is 0 Å². The molecule has 8 heteroatoms. The van der Waals surface area contributed by atoms with Gasteiger partial charge in [-0.2, -0.15) is 0 Å². The Kier molecular flexibility index (Phi) is 4.64. The number of likely N-dealkylation sites (tertiary alicyclic amines) is 1. The largest absolute Gasteiger partial charge is 0.337 e. The van der Waals surface area contributed by atoms with E-state index in [1.54, 1.807) is 4.90 Å². The summed E-state index contributed by atoms with van der Waals surface area (Å²) in [4.78, 5) is 14.0. The zero-order chi connectivity index (χ0) is 17.1. The summed E-state index contributed by atoms with van der Waals surface area (Å²) in [6.07, 6.45) is 3.04. The van der Waals surface area contributed by atoms with Crippen molar-refractivity contribution < 1.29 is 18.0 Å². The first-order valence-electron chi connectivity index (χ1n) is 7.60. The van der Waals surface area contributed by atoms with Crippen LogP contribution in [-0.2, 0) is 0 Å². The number of rotatable bonds is 3. The molecule has 0 atom stereocenters. The van der Waals surface area contributed by atoms with E-state index in [1.165, 1.54) is 12.1 Å². The number of anilines is 2. The second-order valence-corrected chi connectivity index (χ2v) is 5.50. The van der Waals surface area contributed by atoms with Crippen molar-refractivity contribution in [2.24, 2.45) is 0 Å². The number of benzene rings is 1. The van der Waals surface area contributed by atoms with Crippen molar-refractivity contribution in [2.75, 3.05) is 18.4 Å². The standard InChI is InChI=1S/C16H15F3N4O/c17-10-4-5-11(15(19)14(10)18)20-13-7-6-12(21-22-13)16(24)23-8-2-1-3-9-23/h4-7H,1-3,8-9H2,(H,20,22). The number of piperidine rings is 1. The third kappa shape index (κ3) is 3.32. The highest BCUT2D eigenvalue weighted by molar-refractivity contribution is 5.92. The molecule has 1 aromatic carbocycles. The van der Waals surface area contributed by atoms with Gasteiger partial charge in [0.15, 0.2) is 29.0 Å². The van der Waals surface area contributed by atoms with Crippen LogP contribution in [-0.4, -0.2) is 34.1 Å². The Morgan fingerprint density at radius 2 is 1.71 bits per heavy atom. The van der Waals surface area contributed by atoms with Gasteiger partial charge in [0.25, 0.3) is 5.91 Å². The van der Waals surface area contributed by atoms with Crippen molar-refractivity contribution in [3.05, 3.63) is 47.4 Å². The minimum absolute atomic E-state index is 0.120. The molecule has 0 aliphatic carbocycles. The minimum atomic E-state index is -1.56. The number of halogens is 3. The number of hydrogen-bond acceptors (Lipinski definition) is 4. The fraction of sp³-hybridized carbons (Fsp3) is 0.312. The molecule has 2 heterocycles. The molecular weight excluding hydrogens is 321 g/mol. The Labute approximate surface area is 136 Å². The molecule has 1 aliphatic heterocycles. The normalized spacial score (nSPS) is 14.5. The van der Waals surface area contributed by atoms with Crippen LogP contribution < -0.4 is 5.32 Å². The van der Waals surface area contributed by atoms with Gasteiger partial charge < -0.3 is 10.2 Å². The predicted octanol–water partition coefficient (Wildman–Crippen LogP) is 3.26. The summed E-state index contributed by atoms with van der Waals surface area (Å²) in [5.74, 6) is -4.26. The number of hydrogen-bond donors (Lipinski definition) is 1. The molecule has 1 aliphatic rings. The molecule has 0 saturated carbocycles. The molecule has 1 amide bonds. The van der Waals surface area contributed by atoms with Gasteiger partial charge in [-0.15, -0.1) is 10.2 Å². The Morgan fingerprint density at radius 3 is 2.38 bits per heavy atom. The Bertz CT molecular complexity index is 746. The molecule has 0 spiro atoms. The van der Waals surface area contributed by atoms with Gasteiger partial charge in [0.1, 0.15) is 0 Å². The molecule has 1 fully saturated rings. The Hall–Kier alpha value is -2.64. The number of amides is 1. The lowest BCUT2D eigenvalue weighted by atomic mass is 10.1. The molecule has 24 heavy (non-hydrogen) atoms. The number of carbonyl (C=O) groups is 1. The molecule has 1 saturated heterocycles. The molecular formula is C16H15F3N4O. The highest BCUT2D eigenvalue weighted by atomic mass is 19.2. The summed E-state index contributed by atoms with van der Waals surface area (Å²) < 4.78 is 39.7. The molecule has 1 N–H and O–H groups in total. The molecule has 3 rings (SSSR count). The van der Waals surface area contributed by atoms with E-state index in [9.17, 15) is 18.0 Å². The quantitative estimate of drug-likeness (QED) is 0.874. The van der Waals surface area contributed by atoms with Gasteiger partial charge in [-0.05, 0) is 43.5 Å². The zero-order valence-electron chi connectivity index (χ0n) is 12.7. The highest BCUT2D eigenvalue weighted by Crippen LogP contribution is 2.22. The van der Waals surface area contributed by atoms with Gasteiger partial charge in [0, 0.05) is 13.1 Å². The molecule has 2 aromatic rings. The lowest BCUT2D eigenvalue weighted by Gasteiger charge is -2.26. The van der Waals surface area contributed by atoms with E-state index in [0.717, 1.165) is 31.4 Å². The predicted molar refractivity (Wildman–Crippen MR) is 81.4 cm³/mol. The third-order valence-corrected chi connectivity index (χ3v) is 3.82. The second-order valence-electron chi connectivity index (χ2n) is 5.50. The minimum Gasteiger partial charge on any atom is -0.337 e. The molecule has 126 valence electrons. The van der Waals surface area contributed by atoms with E-state index in [1.807, 2.05) is 0 Å². The molecule has 1 aromatic heterocycles. The highest BCUT2D eigenvalue weighted by Gasteiger charge is 2.20. The van der Waals surface area contributed by atoms with Gasteiger partial charge >= 0.3 is 0 Å². The molecule has 0 unspecified atom stereocenters. The maximum Gasteiger partial charge on any atom is 0.274 e.